The van der Waals surface area contributed by atoms with E-state index in [1.165, 1.54) is 12.1 Å². The summed E-state index contributed by atoms with van der Waals surface area (Å²) in [6.07, 6.45) is 3.43. The smallest absolute Gasteiger partial charge is 0.243 e. The van der Waals surface area contributed by atoms with Crippen molar-refractivity contribution in [3.63, 3.8) is 0 Å². The minimum Gasteiger partial charge on any atom is -0.454 e. The number of allylic oxidation sites excluding steroid dienone is 1. The van der Waals surface area contributed by atoms with Crippen molar-refractivity contribution in [1.29, 1.82) is 0 Å². The predicted octanol–water partition coefficient (Wildman–Crippen LogP) is 3.45. The lowest BCUT2D eigenvalue weighted by molar-refractivity contribution is 0.104. The maximum absolute atomic E-state index is 13.1. The fourth-order valence-corrected chi connectivity index (χ4v) is 6.63. The predicted molar refractivity (Wildman–Crippen MR) is 125 cm³/mol. The summed E-state index contributed by atoms with van der Waals surface area (Å²) in [6, 6.07) is 10.1. The Labute approximate surface area is 194 Å². The van der Waals surface area contributed by atoms with Crippen molar-refractivity contribution in [2.24, 2.45) is 11.8 Å². The first-order valence-corrected chi connectivity index (χ1v) is 12.8. The van der Waals surface area contributed by atoms with E-state index in [1.54, 1.807) is 22.5 Å². The second-order valence-corrected chi connectivity index (χ2v) is 11.2. The lowest BCUT2D eigenvalue weighted by Gasteiger charge is -2.34. The van der Waals surface area contributed by atoms with Crippen LogP contribution in [0.15, 0.2) is 47.4 Å². The van der Waals surface area contributed by atoms with E-state index in [2.05, 4.69) is 19.2 Å². The maximum Gasteiger partial charge on any atom is 0.243 e. The summed E-state index contributed by atoms with van der Waals surface area (Å²) in [5.41, 5.74) is 3.19. The van der Waals surface area contributed by atoms with Gasteiger partial charge in [-0.15, -0.1) is 0 Å². The number of carbonyl (C=O) groups excluding carboxylic acids is 1. The summed E-state index contributed by atoms with van der Waals surface area (Å²) in [4.78, 5) is 13.2. The van der Waals surface area contributed by atoms with Crippen LogP contribution in [0.5, 0.6) is 11.5 Å². The zero-order valence-electron chi connectivity index (χ0n) is 18.8. The molecule has 33 heavy (non-hydrogen) atoms. The van der Waals surface area contributed by atoms with Gasteiger partial charge in [0.1, 0.15) is 0 Å². The van der Waals surface area contributed by atoms with E-state index in [9.17, 15) is 13.2 Å². The molecule has 0 radical (unpaired) electrons. The lowest BCUT2D eigenvalue weighted by atomic mass is 9.94. The van der Waals surface area contributed by atoms with Crippen molar-refractivity contribution < 1.29 is 22.7 Å². The SMILES string of the molecule is C[C@H]1C[C@H](C)CN(S(=O)(=O)c2ccc(C(=O)/C=C3\NCCc4cc5c(cc43)OCO5)cc2)C1. The van der Waals surface area contributed by atoms with Gasteiger partial charge in [0.2, 0.25) is 16.8 Å². The van der Waals surface area contributed by atoms with Crippen LogP contribution < -0.4 is 14.8 Å². The van der Waals surface area contributed by atoms with Crippen LogP contribution in [0.1, 0.15) is 41.8 Å². The molecule has 0 aliphatic carbocycles. The van der Waals surface area contributed by atoms with Gasteiger partial charge in [-0.3, -0.25) is 4.79 Å². The highest BCUT2D eigenvalue weighted by atomic mass is 32.2. The Morgan fingerprint density at radius 1 is 1.06 bits per heavy atom. The number of sulfonamides is 1. The topological polar surface area (TPSA) is 84.9 Å². The van der Waals surface area contributed by atoms with Crippen molar-refractivity contribution in [3.05, 3.63) is 59.2 Å². The molecule has 0 spiro atoms. The molecule has 2 aromatic carbocycles. The third-order valence-electron chi connectivity index (χ3n) is 6.49. The van der Waals surface area contributed by atoms with Gasteiger partial charge in [-0.1, -0.05) is 13.8 Å². The number of rotatable bonds is 4. The van der Waals surface area contributed by atoms with E-state index in [-0.39, 0.29) is 17.5 Å². The Hall–Kier alpha value is -2.84. The Bertz CT molecular complexity index is 1210. The highest BCUT2D eigenvalue weighted by Gasteiger charge is 2.31. The van der Waals surface area contributed by atoms with Crippen LogP contribution in [-0.2, 0) is 16.4 Å². The van der Waals surface area contributed by atoms with E-state index in [4.69, 9.17) is 9.47 Å². The summed E-state index contributed by atoms with van der Waals surface area (Å²) in [7, 11) is -3.57. The van der Waals surface area contributed by atoms with E-state index in [0.717, 1.165) is 42.0 Å². The van der Waals surface area contributed by atoms with Gasteiger partial charge in [-0.25, -0.2) is 8.42 Å². The number of piperidine rings is 1. The van der Waals surface area contributed by atoms with Crippen molar-refractivity contribution in [2.75, 3.05) is 26.4 Å². The molecule has 1 N–H and O–H groups in total. The quantitative estimate of drug-likeness (QED) is 0.547. The van der Waals surface area contributed by atoms with Crippen LogP contribution in [-0.4, -0.2) is 44.9 Å². The molecule has 5 rings (SSSR count). The molecular formula is C25H28N2O5S. The Morgan fingerprint density at radius 2 is 1.73 bits per heavy atom. The zero-order chi connectivity index (χ0) is 23.2. The fourth-order valence-electron chi connectivity index (χ4n) is 4.95. The summed E-state index contributed by atoms with van der Waals surface area (Å²) < 4.78 is 38.7. The highest BCUT2D eigenvalue weighted by Crippen LogP contribution is 2.38. The van der Waals surface area contributed by atoms with Gasteiger partial charge in [0.25, 0.3) is 0 Å². The molecule has 0 bridgehead atoms. The molecule has 0 saturated carbocycles. The number of hydrogen-bond acceptors (Lipinski definition) is 6. The average molecular weight is 469 g/mol. The van der Waals surface area contributed by atoms with Gasteiger partial charge in [-0.2, -0.15) is 4.31 Å². The molecule has 0 unspecified atom stereocenters. The molecule has 174 valence electrons. The van der Waals surface area contributed by atoms with Crippen molar-refractivity contribution in [2.45, 2.75) is 31.6 Å². The first kappa shape index (κ1) is 22.0. The van der Waals surface area contributed by atoms with Gasteiger partial charge >= 0.3 is 0 Å². The van der Waals surface area contributed by atoms with Crippen LogP contribution >= 0.6 is 0 Å². The third kappa shape index (κ3) is 4.25. The Kier molecular flexibility index (Phi) is 5.66. The third-order valence-corrected chi connectivity index (χ3v) is 8.33. The molecule has 0 amide bonds. The molecule has 7 nitrogen and oxygen atoms in total. The van der Waals surface area contributed by atoms with E-state index in [1.807, 2.05) is 12.1 Å². The van der Waals surface area contributed by atoms with E-state index >= 15 is 0 Å². The molecule has 1 saturated heterocycles. The summed E-state index contributed by atoms with van der Waals surface area (Å²) in [6.45, 7) is 6.15. The van der Waals surface area contributed by atoms with Crippen molar-refractivity contribution >= 4 is 21.5 Å². The van der Waals surface area contributed by atoms with Gasteiger partial charge in [0, 0.05) is 42.5 Å². The molecule has 2 atom stereocenters. The minimum atomic E-state index is -3.57. The maximum atomic E-state index is 13.1. The van der Waals surface area contributed by atoms with Gasteiger partial charge in [-0.05, 0) is 66.6 Å². The lowest BCUT2D eigenvalue weighted by Crippen LogP contribution is -2.42. The number of nitrogens with one attached hydrogen (secondary N) is 1. The number of carbonyl (C=O) groups is 1. The molecule has 8 heteroatoms. The molecule has 3 aliphatic heterocycles. The molecule has 0 aromatic heterocycles. The Morgan fingerprint density at radius 3 is 2.42 bits per heavy atom. The van der Waals surface area contributed by atoms with Gasteiger partial charge in [0.05, 0.1) is 4.90 Å². The van der Waals surface area contributed by atoms with Crippen molar-refractivity contribution in [1.82, 2.24) is 9.62 Å². The first-order valence-electron chi connectivity index (χ1n) is 11.3. The number of benzene rings is 2. The molecule has 3 heterocycles. The minimum absolute atomic E-state index is 0.188. The van der Waals surface area contributed by atoms with Gasteiger partial charge in [0.15, 0.2) is 17.3 Å². The standard InChI is InChI=1S/C25H28N2O5S/c1-16-9-17(2)14-27(13-16)33(29,30)20-5-3-18(4-6-20)23(28)12-22-21-11-25-24(31-15-32-25)10-19(21)7-8-26-22/h3-6,10-12,16-17,26H,7-9,13-15H2,1-2H3/b22-12-/t16-,17-/m0/s1. The van der Waals surface area contributed by atoms with E-state index < -0.39 is 10.0 Å². The molecule has 3 aliphatic rings. The second-order valence-electron chi connectivity index (χ2n) is 9.25. The number of nitrogens with zero attached hydrogens (tertiary/aromatic N) is 1. The average Bonchev–Trinajstić information content (AvgIpc) is 3.25. The van der Waals surface area contributed by atoms with E-state index in [0.29, 0.717) is 36.2 Å². The highest BCUT2D eigenvalue weighted by molar-refractivity contribution is 7.89. The number of ether oxygens (including phenoxy) is 2. The molecule has 2 aromatic rings. The fraction of sp³-hybridized carbons (Fsp3) is 0.400. The van der Waals surface area contributed by atoms with Crippen LogP contribution in [0.4, 0.5) is 0 Å². The van der Waals surface area contributed by atoms with Crippen LogP contribution in [0, 0.1) is 11.8 Å². The second kappa shape index (κ2) is 8.50. The normalized spacial score (nSPS) is 23.8. The Balaban J connectivity index is 1.37. The molecular weight excluding hydrogens is 440 g/mol. The van der Waals surface area contributed by atoms with Crippen LogP contribution in [0.3, 0.4) is 0 Å². The number of hydrogen-bond donors (Lipinski definition) is 1. The number of ketones is 1. The first-order chi connectivity index (χ1) is 15.8. The van der Waals surface area contributed by atoms with Crippen LogP contribution in [0.2, 0.25) is 0 Å². The van der Waals surface area contributed by atoms with Crippen molar-refractivity contribution in [3.8, 4) is 11.5 Å². The zero-order valence-corrected chi connectivity index (χ0v) is 19.7. The summed E-state index contributed by atoms with van der Waals surface area (Å²) >= 11 is 0. The monoisotopic (exact) mass is 468 g/mol. The van der Waals surface area contributed by atoms with Gasteiger partial charge < -0.3 is 14.8 Å². The molecule has 1 fully saturated rings. The summed E-state index contributed by atoms with van der Waals surface area (Å²) in [5, 5.41) is 3.30. The number of fused-ring (bicyclic) bond motifs is 2. The summed E-state index contributed by atoms with van der Waals surface area (Å²) in [5.74, 6) is 1.88. The largest absolute Gasteiger partial charge is 0.454 e. The van der Waals surface area contributed by atoms with Crippen LogP contribution in [0.25, 0.3) is 5.70 Å².